The van der Waals surface area contributed by atoms with Crippen molar-refractivity contribution in [1.29, 1.82) is 0 Å². The number of hydrogen-bond donors (Lipinski definition) is 2. The van der Waals surface area contributed by atoms with Gasteiger partial charge in [-0.1, -0.05) is 103 Å². The zero-order valence-electron chi connectivity index (χ0n) is 27.2. The third kappa shape index (κ3) is 6.76. The maximum atomic E-state index is 13.6. The van der Waals surface area contributed by atoms with Gasteiger partial charge in [0.2, 0.25) is 0 Å². The number of carbonyl (C=O) groups excluding carboxylic acids is 2. The minimum Gasteiger partial charge on any atom is -0.488 e. The molecule has 0 radical (unpaired) electrons. The van der Waals surface area contributed by atoms with Crippen LogP contribution in [0, 0.1) is 3.57 Å². The van der Waals surface area contributed by atoms with Gasteiger partial charge in [-0.15, -0.1) is 0 Å². The average Bonchev–Trinajstić information content (AvgIpc) is 3.12. The lowest BCUT2D eigenvalue weighted by Crippen LogP contribution is -2.34. The summed E-state index contributed by atoms with van der Waals surface area (Å²) in [5.74, 6) is 1.05. The molecule has 7 rings (SSSR count). The summed E-state index contributed by atoms with van der Waals surface area (Å²) in [5, 5.41) is 14.0. The Bertz CT molecular complexity index is 2090. The van der Waals surface area contributed by atoms with Gasteiger partial charge < -0.3 is 20.1 Å². The minimum absolute atomic E-state index is 0.136. The van der Waals surface area contributed by atoms with Crippen LogP contribution in [0.15, 0.2) is 127 Å². The molecule has 0 aliphatic rings. The number of halogens is 1. The van der Waals surface area contributed by atoms with E-state index in [0.717, 1.165) is 46.7 Å². The van der Waals surface area contributed by atoms with Crippen LogP contribution in [-0.2, 0) is 0 Å². The minimum atomic E-state index is -0.304. The first-order valence-electron chi connectivity index (χ1n) is 16.4. The van der Waals surface area contributed by atoms with Gasteiger partial charge in [0.05, 0.1) is 27.8 Å². The lowest BCUT2D eigenvalue weighted by Gasteiger charge is -2.21. The summed E-state index contributed by atoms with van der Waals surface area (Å²) in [6, 6.07) is 41.7. The van der Waals surface area contributed by atoms with Crippen LogP contribution in [-0.4, -0.2) is 37.1 Å². The molecule has 49 heavy (non-hydrogen) atoms. The summed E-state index contributed by atoms with van der Waals surface area (Å²) in [5.41, 5.74) is 1.33. The van der Waals surface area contributed by atoms with E-state index in [4.69, 9.17) is 9.47 Å². The van der Waals surface area contributed by atoms with Crippen molar-refractivity contribution in [2.24, 2.45) is 0 Å². The van der Waals surface area contributed by atoms with E-state index in [0.29, 0.717) is 35.7 Å². The molecule has 0 saturated carbocycles. The second kappa shape index (κ2) is 14.1. The van der Waals surface area contributed by atoms with Crippen molar-refractivity contribution < 1.29 is 19.1 Å². The predicted octanol–water partition coefficient (Wildman–Crippen LogP) is 9.30. The third-order valence-corrected chi connectivity index (χ3v) is 9.74. The van der Waals surface area contributed by atoms with Gasteiger partial charge in [0, 0.05) is 0 Å². The zero-order chi connectivity index (χ0) is 33.9. The number of rotatable bonds is 10. The van der Waals surface area contributed by atoms with Crippen LogP contribution >= 0.6 is 22.6 Å². The fourth-order valence-electron chi connectivity index (χ4n) is 6.36. The Morgan fingerprint density at radius 2 is 0.857 bits per heavy atom. The van der Waals surface area contributed by atoms with Gasteiger partial charge in [0.15, 0.2) is 0 Å². The van der Waals surface area contributed by atoms with Crippen molar-refractivity contribution >= 4 is 77.5 Å². The highest BCUT2D eigenvalue weighted by Crippen LogP contribution is 2.32. The molecule has 7 heteroatoms. The first-order chi connectivity index (χ1) is 23.9. The Balaban J connectivity index is 0.997. The molecule has 7 aromatic rings. The van der Waals surface area contributed by atoms with Gasteiger partial charge in [0.1, 0.15) is 23.7 Å². The SMILES string of the molecule is C[C@@H](CNC(=O)c1c2ccccc2cc2ccccc12)Oc1cccc(O[C@@H](C)CNC(=O)c2c3ccccc3cc3ccccc23)c1I. The molecule has 2 atom stereocenters. The smallest absolute Gasteiger partial charge is 0.252 e. The third-order valence-electron chi connectivity index (χ3n) is 8.68. The molecule has 244 valence electrons. The van der Waals surface area contributed by atoms with Crippen LogP contribution in [0.2, 0.25) is 0 Å². The Morgan fingerprint density at radius 1 is 0.531 bits per heavy atom. The van der Waals surface area contributed by atoms with E-state index in [1.165, 1.54) is 0 Å². The summed E-state index contributed by atoms with van der Waals surface area (Å²) in [7, 11) is 0. The lowest BCUT2D eigenvalue weighted by atomic mass is 9.96. The Labute approximate surface area is 298 Å². The highest BCUT2D eigenvalue weighted by molar-refractivity contribution is 14.1. The molecule has 0 aromatic heterocycles. The maximum absolute atomic E-state index is 13.6. The van der Waals surface area contributed by atoms with Crippen LogP contribution in [0.4, 0.5) is 0 Å². The largest absolute Gasteiger partial charge is 0.488 e. The normalized spacial score (nSPS) is 12.6. The van der Waals surface area contributed by atoms with Crippen LogP contribution in [0.3, 0.4) is 0 Å². The van der Waals surface area contributed by atoms with E-state index in [9.17, 15) is 9.59 Å². The maximum Gasteiger partial charge on any atom is 0.252 e. The Hall–Kier alpha value is -5.15. The van der Waals surface area contributed by atoms with Gasteiger partial charge in [0.25, 0.3) is 11.8 Å². The van der Waals surface area contributed by atoms with E-state index in [-0.39, 0.29) is 24.0 Å². The molecule has 7 aromatic carbocycles. The number of ether oxygens (including phenoxy) is 2. The van der Waals surface area contributed by atoms with Gasteiger partial charge >= 0.3 is 0 Å². The van der Waals surface area contributed by atoms with Gasteiger partial charge in [-0.3, -0.25) is 9.59 Å². The highest BCUT2D eigenvalue weighted by atomic mass is 127. The van der Waals surface area contributed by atoms with Crippen molar-refractivity contribution in [3.8, 4) is 11.5 Å². The van der Waals surface area contributed by atoms with Crippen LogP contribution in [0.1, 0.15) is 34.6 Å². The quantitative estimate of drug-likeness (QED) is 0.108. The van der Waals surface area contributed by atoms with Crippen molar-refractivity contribution in [3.05, 3.63) is 142 Å². The van der Waals surface area contributed by atoms with Gasteiger partial charge in [-0.05, 0) is 104 Å². The molecule has 0 aliphatic carbocycles. The number of hydrogen-bond acceptors (Lipinski definition) is 4. The fourth-order valence-corrected chi connectivity index (χ4v) is 6.97. The van der Waals surface area contributed by atoms with E-state index < -0.39 is 0 Å². The average molecular weight is 759 g/mol. The first kappa shape index (κ1) is 32.4. The van der Waals surface area contributed by atoms with Crippen molar-refractivity contribution in [1.82, 2.24) is 10.6 Å². The number of fused-ring (bicyclic) bond motifs is 4. The highest BCUT2D eigenvalue weighted by Gasteiger charge is 2.19. The fraction of sp³-hybridized carbons (Fsp3) is 0.143. The summed E-state index contributed by atoms with van der Waals surface area (Å²) < 4.78 is 13.4. The van der Waals surface area contributed by atoms with Crippen LogP contribution in [0.25, 0.3) is 43.1 Å². The van der Waals surface area contributed by atoms with E-state index in [2.05, 4.69) is 45.4 Å². The Kier molecular flexibility index (Phi) is 9.35. The second-order valence-corrected chi connectivity index (χ2v) is 13.3. The number of benzene rings is 7. The van der Waals surface area contributed by atoms with E-state index in [1.54, 1.807) is 0 Å². The van der Waals surface area contributed by atoms with Crippen molar-refractivity contribution in [2.75, 3.05) is 13.1 Å². The molecule has 2 N–H and O–H groups in total. The number of amides is 2. The first-order valence-corrected chi connectivity index (χ1v) is 17.4. The summed E-state index contributed by atoms with van der Waals surface area (Å²) >= 11 is 2.22. The second-order valence-electron chi connectivity index (χ2n) is 12.2. The molecule has 0 spiro atoms. The lowest BCUT2D eigenvalue weighted by molar-refractivity contribution is 0.0930. The predicted molar refractivity (Wildman–Crippen MR) is 207 cm³/mol. The topological polar surface area (TPSA) is 76.7 Å². The molecule has 0 unspecified atom stereocenters. The van der Waals surface area contributed by atoms with Crippen molar-refractivity contribution in [3.63, 3.8) is 0 Å². The van der Waals surface area contributed by atoms with Crippen molar-refractivity contribution in [2.45, 2.75) is 26.1 Å². The monoisotopic (exact) mass is 758 g/mol. The molecule has 2 amide bonds. The Morgan fingerprint density at radius 3 is 1.20 bits per heavy atom. The van der Waals surface area contributed by atoms with Crippen LogP contribution in [0.5, 0.6) is 11.5 Å². The molecule has 0 fully saturated rings. The molecule has 0 saturated heterocycles. The molecule has 0 bridgehead atoms. The summed E-state index contributed by atoms with van der Waals surface area (Å²) in [6.45, 7) is 4.51. The zero-order valence-corrected chi connectivity index (χ0v) is 29.4. The number of nitrogens with one attached hydrogen (secondary N) is 2. The molecular weight excluding hydrogens is 723 g/mol. The van der Waals surface area contributed by atoms with Gasteiger partial charge in [-0.2, -0.15) is 0 Å². The molecule has 0 heterocycles. The standard InChI is InChI=1S/C42H35IN2O4/c1-26(24-44-41(46)38-32-16-7-3-12-28(32)22-29-13-4-8-17-33(29)38)48-36-20-11-21-37(40(36)43)49-27(2)25-45-42(47)39-34-18-9-5-14-30(34)23-31-15-6-10-19-35(31)39/h3-23,26-27H,24-25H2,1-2H3,(H,44,46)(H,45,47)/t26-,27-/m0/s1. The summed E-state index contributed by atoms with van der Waals surface area (Å²) in [6.07, 6.45) is -0.609. The van der Waals surface area contributed by atoms with E-state index >= 15 is 0 Å². The van der Waals surface area contributed by atoms with Crippen LogP contribution < -0.4 is 20.1 Å². The van der Waals surface area contributed by atoms with Gasteiger partial charge in [-0.25, -0.2) is 0 Å². The van der Waals surface area contributed by atoms with E-state index in [1.807, 2.05) is 129 Å². The summed E-state index contributed by atoms with van der Waals surface area (Å²) in [4.78, 5) is 27.2. The molecular formula is C42H35IN2O4. The molecule has 6 nitrogen and oxygen atoms in total. The number of carbonyl (C=O) groups is 2. The molecule has 0 aliphatic heterocycles.